The summed E-state index contributed by atoms with van der Waals surface area (Å²) in [4.78, 5) is 0. The van der Waals surface area contributed by atoms with Crippen LogP contribution in [0.15, 0.2) is 0 Å². The van der Waals surface area contributed by atoms with Gasteiger partial charge in [-0.1, -0.05) is 7.77 Å². The Labute approximate surface area is 68.8 Å². The molecule has 2 radical (unpaired) electrons. The Bertz CT molecular complexity index is 212. The van der Waals surface area contributed by atoms with E-state index in [1.807, 2.05) is 0 Å². The van der Waals surface area contributed by atoms with Crippen LogP contribution >= 0.6 is 13.5 Å². The highest BCUT2D eigenvalue weighted by Gasteiger charge is 1.90. The Hall–Kier alpha value is 0.0300. The van der Waals surface area contributed by atoms with Crippen molar-refractivity contribution in [2.75, 3.05) is 0 Å². The van der Waals surface area contributed by atoms with Crippen molar-refractivity contribution < 1.29 is 33.7 Å². The fourth-order valence-corrected chi connectivity index (χ4v) is 0. The van der Waals surface area contributed by atoms with Crippen LogP contribution in [0.2, 0.25) is 0 Å². The normalized spacial score (nSPS) is 10.5. The van der Waals surface area contributed by atoms with E-state index in [0.717, 1.165) is 0 Å². The first-order chi connectivity index (χ1) is 4.00. The van der Waals surface area contributed by atoms with Crippen molar-refractivity contribution in [3.8, 4) is 0 Å². The van der Waals surface area contributed by atoms with E-state index in [-0.39, 0.29) is 13.5 Å². The molecule has 0 aliphatic rings. The number of hydrogen-bond acceptors (Lipinski definition) is 4. The number of rotatable bonds is 0. The van der Waals surface area contributed by atoms with Crippen LogP contribution in [-0.4, -0.2) is 25.9 Å². The van der Waals surface area contributed by atoms with E-state index < -0.39 is 21.0 Å². The van der Waals surface area contributed by atoms with Gasteiger partial charge in [-0.15, -0.1) is 0 Å². The molecule has 0 rings (SSSR count). The van der Waals surface area contributed by atoms with E-state index in [1.54, 1.807) is 0 Å². The van der Waals surface area contributed by atoms with Crippen LogP contribution in [0.5, 0.6) is 0 Å². The Kier molecular flexibility index (Phi) is 8.84. The highest BCUT2D eigenvalue weighted by atomic mass is 32.3. The molecule has 0 aromatic rings. The van der Waals surface area contributed by atoms with Crippen molar-refractivity contribution in [2.45, 2.75) is 0 Å². The molecule has 2 N–H and O–H groups in total. The predicted octanol–water partition coefficient (Wildman–Crippen LogP) is 0.166. The molecule has 6 nitrogen and oxygen atoms in total. The zero-order chi connectivity index (χ0) is 9.00. The monoisotopic (exact) mass is 232 g/mol. The summed E-state index contributed by atoms with van der Waals surface area (Å²) in [6.45, 7) is 0. The second-order valence-corrected chi connectivity index (χ2v) is 2.47. The van der Waals surface area contributed by atoms with Gasteiger partial charge in [-0.3, -0.25) is 9.11 Å². The van der Waals surface area contributed by atoms with E-state index >= 15 is 0 Å². The van der Waals surface area contributed by atoms with Gasteiger partial charge >= 0.3 is 21.0 Å². The molecule has 0 fully saturated rings. The fraction of sp³-hybridized carbons (Fsp3) is 0. The van der Waals surface area contributed by atoms with Crippen LogP contribution in [0.25, 0.3) is 0 Å². The van der Waals surface area contributed by atoms with Crippen LogP contribution in [0, 0.1) is 0 Å². The van der Waals surface area contributed by atoms with Crippen LogP contribution in [-0.2, 0) is 21.0 Å². The van der Waals surface area contributed by atoms with Crippen molar-refractivity contribution >= 4 is 34.5 Å². The lowest BCUT2D eigenvalue weighted by atomic mass is 15.9. The molecule has 0 aromatic heterocycles. The lowest BCUT2D eigenvalue weighted by molar-refractivity contribution is 0.432. The summed E-state index contributed by atoms with van der Waals surface area (Å²) in [6, 6.07) is 0. The standard InChI is InChI=1S/2FHO3S.S/c2*1-5(2,3)4;/h2*(H,2,3,4);. The highest BCUT2D eigenvalue weighted by molar-refractivity contribution is 7.80. The molecule has 0 bridgehead atoms. The summed E-state index contributed by atoms with van der Waals surface area (Å²) in [5.41, 5.74) is 0. The highest BCUT2D eigenvalue weighted by Crippen LogP contribution is 1.74. The third-order valence-electron chi connectivity index (χ3n) is 0. The smallest absolute Gasteiger partial charge is 0.260 e. The predicted molar refractivity (Wildman–Crippen MR) is 32.9 cm³/mol. The van der Waals surface area contributed by atoms with Gasteiger partial charge < -0.3 is 0 Å². The third kappa shape index (κ3) is 719000. The second kappa shape index (κ2) is 5.65. The van der Waals surface area contributed by atoms with Crippen molar-refractivity contribution in [3.05, 3.63) is 0 Å². The van der Waals surface area contributed by atoms with E-state index in [9.17, 15) is 7.77 Å². The maximum atomic E-state index is 10.2. The topological polar surface area (TPSA) is 109 Å². The maximum absolute atomic E-state index is 10.2. The Morgan fingerprint density at radius 3 is 0.818 bits per heavy atom. The van der Waals surface area contributed by atoms with Gasteiger partial charge in [-0.05, 0) is 0 Å². The zero-order valence-electron chi connectivity index (χ0n) is 4.51. The van der Waals surface area contributed by atoms with E-state index in [1.165, 1.54) is 0 Å². The van der Waals surface area contributed by atoms with Gasteiger partial charge in [0, 0.05) is 13.5 Å². The minimum absolute atomic E-state index is 0. The van der Waals surface area contributed by atoms with Crippen LogP contribution in [0.4, 0.5) is 7.77 Å². The van der Waals surface area contributed by atoms with Gasteiger partial charge in [-0.25, -0.2) is 0 Å². The molecule has 0 saturated heterocycles. The van der Waals surface area contributed by atoms with E-state index in [4.69, 9.17) is 25.9 Å². The fourth-order valence-electron chi connectivity index (χ4n) is 0. The third-order valence-corrected chi connectivity index (χ3v) is 0. The molecule has 0 spiro atoms. The molecule has 0 amide bonds. The summed E-state index contributed by atoms with van der Waals surface area (Å²) in [5, 5.41) is 0. The van der Waals surface area contributed by atoms with Gasteiger partial charge in [0.15, 0.2) is 0 Å². The molecule has 0 aliphatic carbocycles. The summed E-state index contributed by atoms with van der Waals surface area (Å²) in [6.07, 6.45) is 0. The minimum Gasteiger partial charge on any atom is -0.260 e. The first-order valence-electron chi connectivity index (χ1n) is 1.34. The van der Waals surface area contributed by atoms with Gasteiger partial charge in [0.25, 0.3) is 0 Å². The van der Waals surface area contributed by atoms with E-state index in [0.29, 0.717) is 0 Å². The molecule has 11 heavy (non-hydrogen) atoms. The largest absolute Gasteiger partial charge is 0.435 e. The van der Waals surface area contributed by atoms with Crippen LogP contribution in [0.3, 0.4) is 0 Å². The number of halogens is 2. The molecular formula is H2F2O6S3. The van der Waals surface area contributed by atoms with Gasteiger partial charge in [0.1, 0.15) is 0 Å². The van der Waals surface area contributed by atoms with Crippen LogP contribution in [0.1, 0.15) is 0 Å². The summed E-state index contributed by atoms with van der Waals surface area (Å²) >= 11 is 0. The summed E-state index contributed by atoms with van der Waals surface area (Å²) in [5.74, 6) is 0. The Morgan fingerprint density at radius 1 is 0.818 bits per heavy atom. The van der Waals surface area contributed by atoms with Crippen molar-refractivity contribution in [3.63, 3.8) is 0 Å². The lowest BCUT2D eigenvalue weighted by Crippen LogP contribution is -1.80. The maximum Gasteiger partial charge on any atom is 0.435 e. The molecule has 70 valence electrons. The molecule has 0 unspecified atom stereocenters. The van der Waals surface area contributed by atoms with Gasteiger partial charge in [0.2, 0.25) is 0 Å². The second-order valence-electron chi connectivity index (χ2n) is 0.824. The summed E-state index contributed by atoms with van der Waals surface area (Å²) < 4.78 is 68.2. The minimum atomic E-state index is -5.17. The quantitative estimate of drug-likeness (QED) is 0.455. The van der Waals surface area contributed by atoms with Gasteiger partial charge in [0.05, 0.1) is 0 Å². The molecular weight excluding hydrogens is 230 g/mol. The van der Waals surface area contributed by atoms with Crippen molar-refractivity contribution in [1.82, 2.24) is 0 Å². The molecule has 11 heteroatoms. The first kappa shape index (κ1) is 17.2. The Morgan fingerprint density at radius 2 is 0.818 bits per heavy atom. The first-order valence-corrected chi connectivity index (χ1v) is 4.02. The Balaban J connectivity index is -0.000000107. The molecule has 0 aliphatic heterocycles. The average Bonchev–Trinajstić information content (AvgIpc) is 1.12. The molecule has 0 heterocycles. The van der Waals surface area contributed by atoms with Crippen molar-refractivity contribution in [2.24, 2.45) is 0 Å². The van der Waals surface area contributed by atoms with Crippen LogP contribution < -0.4 is 0 Å². The SMILES string of the molecule is O=S(=O)(O)F.O=S(=O)(O)F.[S]. The zero-order valence-corrected chi connectivity index (χ0v) is 6.96. The number of hydrogen-bond donors (Lipinski definition) is 2. The average molecular weight is 232 g/mol. The summed E-state index contributed by atoms with van der Waals surface area (Å²) in [7, 11) is -10.3. The molecule has 0 saturated carbocycles. The van der Waals surface area contributed by atoms with Gasteiger partial charge in [-0.2, -0.15) is 16.8 Å². The van der Waals surface area contributed by atoms with E-state index in [2.05, 4.69) is 0 Å². The molecule has 0 atom stereocenters. The molecule has 0 aromatic carbocycles. The van der Waals surface area contributed by atoms with Crippen molar-refractivity contribution in [1.29, 1.82) is 0 Å². The lowest BCUT2D eigenvalue weighted by Gasteiger charge is -1.63.